The highest BCUT2D eigenvalue weighted by Crippen LogP contribution is 2.21. The van der Waals surface area contributed by atoms with Crippen molar-refractivity contribution in [1.29, 1.82) is 0 Å². The number of likely N-dealkylation sites (tertiary alicyclic amines) is 1. The second-order valence-electron chi connectivity index (χ2n) is 5.27. The van der Waals surface area contributed by atoms with E-state index in [1.165, 1.54) is 25.7 Å². The summed E-state index contributed by atoms with van der Waals surface area (Å²) >= 11 is 6.12. The Morgan fingerprint density at radius 2 is 2.21 bits per heavy atom. The van der Waals surface area contributed by atoms with Gasteiger partial charge < -0.3 is 4.74 Å². The molecule has 0 spiro atoms. The molecule has 2 heterocycles. The molecule has 1 aromatic rings. The average molecular weight is 283 g/mol. The standard InChI is InChI=1S/C15H23ClN2O/c1-12-8-15(19-2)9-13(17-12)11-18-7-5-3-4-6-14(18)10-16/h8-9,14H,3-7,10-11H2,1-2H3. The van der Waals surface area contributed by atoms with Crippen LogP contribution in [0.3, 0.4) is 0 Å². The summed E-state index contributed by atoms with van der Waals surface area (Å²) in [6.07, 6.45) is 5.07. The molecule has 0 saturated carbocycles. The maximum atomic E-state index is 6.12. The molecule has 4 heteroatoms. The van der Waals surface area contributed by atoms with Crippen LogP contribution in [0.25, 0.3) is 0 Å². The lowest BCUT2D eigenvalue weighted by Gasteiger charge is -2.28. The van der Waals surface area contributed by atoms with E-state index in [4.69, 9.17) is 16.3 Å². The first-order valence-corrected chi connectivity index (χ1v) is 7.58. The molecule has 1 aliphatic heterocycles. The molecular formula is C15H23ClN2O. The highest BCUT2D eigenvalue weighted by atomic mass is 35.5. The van der Waals surface area contributed by atoms with Crippen molar-refractivity contribution in [2.45, 2.75) is 45.2 Å². The second kappa shape index (κ2) is 7.11. The first-order valence-electron chi connectivity index (χ1n) is 7.04. The SMILES string of the molecule is COc1cc(C)nc(CN2CCCCCC2CCl)c1. The van der Waals surface area contributed by atoms with Crippen molar-refractivity contribution in [3.05, 3.63) is 23.5 Å². The fraction of sp³-hybridized carbons (Fsp3) is 0.667. The van der Waals surface area contributed by atoms with Crippen molar-refractivity contribution in [3.63, 3.8) is 0 Å². The van der Waals surface area contributed by atoms with Gasteiger partial charge in [0.25, 0.3) is 0 Å². The number of rotatable bonds is 4. The van der Waals surface area contributed by atoms with Crippen molar-refractivity contribution in [3.8, 4) is 5.75 Å². The van der Waals surface area contributed by atoms with Crippen LogP contribution in [0.5, 0.6) is 5.75 Å². The number of methoxy groups -OCH3 is 1. The van der Waals surface area contributed by atoms with Crippen molar-refractivity contribution in [1.82, 2.24) is 9.88 Å². The zero-order chi connectivity index (χ0) is 13.7. The highest BCUT2D eigenvalue weighted by Gasteiger charge is 2.20. The Morgan fingerprint density at radius 3 is 2.95 bits per heavy atom. The minimum Gasteiger partial charge on any atom is -0.497 e. The molecule has 19 heavy (non-hydrogen) atoms. The van der Waals surface area contributed by atoms with E-state index in [-0.39, 0.29) is 0 Å². The van der Waals surface area contributed by atoms with Gasteiger partial charge in [-0.2, -0.15) is 0 Å². The molecule has 0 bridgehead atoms. The van der Waals surface area contributed by atoms with Gasteiger partial charge in [-0.3, -0.25) is 9.88 Å². The van der Waals surface area contributed by atoms with Crippen LogP contribution in [0.2, 0.25) is 0 Å². The van der Waals surface area contributed by atoms with Gasteiger partial charge in [0.05, 0.1) is 12.8 Å². The maximum Gasteiger partial charge on any atom is 0.122 e. The monoisotopic (exact) mass is 282 g/mol. The largest absolute Gasteiger partial charge is 0.497 e. The first kappa shape index (κ1) is 14.6. The van der Waals surface area contributed by atoms with Crippen LogP contribution >= 0.6 is 11.6 Å². The molecule has 0 amide bonds. The lowest BCUT2D eigenvalue weighted by molar-refractivity contribution is 0.204. The lowest BCUT2D eigenvalue weighted by atomic mass is 10.1. The molecule has 1 atom stereocenters. The van der Waals surface area contributed by atoms with Crippen LogP contribution < -0.4 is 4.74 Å². The zero-order valence-corrected chi connectivity index (χ0v) is 12.6. The number of alkyl halides is 1. The number of ether oxygens (including phenoxy) is 1. The molecule has 0 N–H and O–H groups in total. The molecule has 1 fully saturated rings. The van der Waals surface area contributed by atoms with Crippen LogP contribution in [0.1, 0.15) is 37.1 Å². The molecular weight excluding hydrogens is 260 g/mol. The molecule has 1 unspecified atom stereocenters. The van der Waals surface area contributed by atoms with E-state index in [0.29, 0.717) is 11.9 Å². The summed E-state index contributed by atoms with van der Waals surface area (Å²) in [6.45, 7) is 4.00. The fourth-order valence-electron chi connectivity index (χ4n) is 2.73. The average Bonchev–Trinajstić information content (AvgIpc) is 2.63. The van der Waals surface area contributed by atoms with Crippen molar-refractivity contribution >= 4 is 11.6 Å². The number of hydrogen-bond donors (Lipinski definition) is 0. The molecule has 106 valence electrons. The molecule has 1 aliphatic rings. The van der Waals surface area contributed by atoms with Gasteiger partial charge in [-0.05, 0) is 26.3 Å². The van der Waals surface area contributed by atoms with Gasteiger partial charge in [0.2, 0.25) is 0 Å². The van der Waals surface area contributed by atoms with Crippen LogP contribution in [0.4, 0.5) is 0 Å². The van der Waals surface area contributed by atoms with Gasteiger partial charge in [0.1, 0.15) is 5.75 Å². The quantitative estimate of drug-likeness (QED) is 0.792. The highest BCUT2D eigenvalue weighted by molar-refractivity contribution is 6.18. The summed E-state index contributed by atoms with van der Waals surface area (Å²) in [6, 6.07) is 4.48. The summed E-state index contributed by atoms with van der Waals surface area (Å²) in [4.78, 5) is 7.08. The molecule has 0 aliphatic carbocycles. The van der Waals surface area contributed by atoms with E-state index >= 15 is 0 Å². The zero-order valence-electron chi connectivity index (χ0n) is 11.9. The molecule has 3 nitrogen and oxygen atoms in total. The van der Waals surface area contributed by atoms with Gasteiger partial charge in [-0.1, -0.05) is 12.8 Å². The lowest BCUT2D eigenvalue weighted by Crippen LogP contribution is -2.35. The molecule has 1 aromatic heterocycles. The predicted octanol–water partition coefficient (Wildman–Crippen LogP) is 3.38. The normalized spacial score (nSPS) is 21.1. The third kappa shape index (κ3) is 4.08. The predicted molar refractivity (Wildman–Crippen MR) is 78.9 cm³/mol. The topological polar surface area (TPSA) is 25.4 Å². The molecule has 0 aromatic carbocycles. The summed E-state index contributed by atoms with van der Waals surface area (Å²) < 4.78 is 5.32. The Hall–Kier alpha value is -0.800. The summed E-state index contributed by atoms with van der Waals surface area (Å²) in [5, 5.41) is 0. The smallest absolute Gasteiger partial charge is 0.122 e. The van der Waals surface area contributed by atoms with Crippen molar-refractivity contribution < 1.29 is 4.74 Å². The van der Waals surface area contributed by atoms with E-state index in [2.05, 4.69) is 9.88 Å². The van der Waals surface area contributed by atoms with Crippen molar-refractivity contribution in [2.24, 2.45) is 0 Å². The molecule has 1 saturated heterocycles. The van der Waals surface area contributed by atoms with Gasteiger partial charge in [0, 0.05) is 36.3 Å². The summed E-state index contributed by atoms with van der Waals surface area (Å²) in [7, 11) is 1.70. The number of hydrogen-bond acceptors (Lipinski definition) is 3. The molecule has 0 radical (unpaired) electrons. The molecule has 2 rings (SSSR count). The third-order valence-corrected chi connectivity index (χ3v) is 4.11. The van der Waals surface area contributed by atoms with E-state index in [1.807, 2.05) is 19.1 Å². The summed E-state index contributed by atoms with van der Waals surface area (Å²) in [5.41, 5.74) is 2.08. The number of aryl methyl sites for hydroxylation is 1. The Balaban J connectivity index is 2.11. The van der Waals surface area contributed by atoms with Gasteiger partial charge >= 0.3 is 0 Å². The third-order valence-electron chi connectivity index (χ3n) is 3.76. The van der Waals surface area contributed by atoms with Crippen molar-refractivity contribution in [2.75, 3.05) is 19.5 Å². The maximum absolute atomic E-state index is 6.12. The number of halogens is 1. The minimum atomic E-state index is 0.484. The summed E-state index contributed by atoms with van der Waals surface area (Å²) in [5.74, 6) is 1.60. The van der Waals surface area contributed by atoms with E-state index in [1.54, 1.807) is 7.11 Å². The van der Waals surface area contributed by atoms with Gasteiger partial charge in [0.15, 0.2) is 0 Å². The van der Waals surface area contributed by atoms with E-state index < -0.39 is 0 Å². The minimum absolute atomic E-state index is 0.484. The Labute approximate surface area is 120 Å². The van der Waals surface area contributed by atoms with E-state index in [0.717, 1.165) is 30.2 Å². The van der Waals surface area contributed by atoms with Gasteiger partial charge in [-0.15, -0.1) is 11.6 Å². The van der Waals surface area contributed by atoms with Crippen LogP contribution in [0.15, 0.2) is 12.1 Å². The van der Waals surface area contributed by atoms with E-state index in [9.17, 15) is 0 Å². The Kier molecular flexibility index (Phi) is 5.46. The number of nitrogens with zero attached hydrogens (tertiary/aromatic N) is 2. The first-order chi connectivity index (χ1) is 9.22. The van der Waals surface area contributed by atoms with Crippen LogP contribution in [0, 0.1) is 6.92 Å². The second-order valence-corrected chi connectivity index (χ2v) is 5.58. The van der Waals surface area contributed by atoms with Crippen LogP contribution in [-0.4, -0.2) is 35.5 Å². The Bertz CT molecular complexity index is 411. The number of aromatic nitrogens is 1. The number of pyridine rings is 1. The van der Waals surface area contributed by atoms with Gasteiger partial charge in [-0.25, -0.2) is 0 Å². The fourth-order valence-corrected chi connectivity index (χ4v) is 3.08. The Morgan fingerprint density at radius 1 is 1.37 bits per heavy atom. The van der Waals surface area contributed by atoms with Crippen LogP contribution in [-0.2, 0) is 6.54 Å².